The third-order valence-electron chi connectivity index (χ3n) is 4.82. The Hall–Kier alpha value is -3.27. The van der Waals surface area contributed by atoms with Gasteiger partial charge in [0.2, 0.25) is 5.91 Å². The van der Waals surface area contributed by atoms with Crippen LogP contribution in [0, 0.1) is 0 Å². The molecule has 0 aromatic heterocycles. The number of rotatable bonds is 9. The molecule has 0 heterocycles. The van der Waals surface area contributed by atoms with Crippen LogP contribution in [0.25, 0.3) is 0 Å². The second-order valence-electron chi connectivity index (χ2n) is 6.94. The summed E-state index contributed by atoms with van der Waals surface area (Å²) in [5, 5.41) is 0. The quantitative estimate of drug-likeness (QED) is 0.524. The van der Waals surface area contributed by atoms with Gasteiger partial charge in [0.05, 0.1) is 14.2 Å². The molecular formula is C25H27NO3. The maximum Gasteiger partial charge on any atom is 0.223 e. The second kappa shape index (κ2) is 10.3. The van der Waals surface area contributed by atoms with Gasteiger partial charge in [-0.2, -0.15) is 0 Å². The Balaban J connectivity index is 1.72. The number of carbonyl (C=O) groups is 1. The molecule has 0 atom stereocenters. The lowest BCUT2D eigenvalue weighted by Crippen LogP contribution is -2.30. The number of nitrogens with zero attached hydrogens (tertiary/aromatic N) is 1. The molecule has 0 unspecified atom stereocenters. The third-order valence-corrected chi connectivity index (χ3v) is 4.82. The van der Waals surface area contributed by atoms with Gasteiger partial charge in [0.25, 0.3) is 0 Å². The van der Waals surface area contributed by atoms with E-state index < -0.39 is 0 Å². The third kappa shape index (κ3) is 6.11. The van der Waals surface area contributed by atoms with Gasteiger partial charge in [-0.15, -0.1) is 0 Å². The van der Waals surface area contributed by atoms with Crippen molar-refractivity contribution >= 4 is 5.91 Å². The van der Waals surface area contributed by atoms with E-state index >= 15 is 0 Å². The standard InChI is InChI=1S/C25H27NO3/c1-28-23-15-22(16-24(17-23)29-2)13-14-25(27)26(18-20-9-5-3-6-10-20)19-21-11-7-4-8-12-21/h3-12,15-17H,13-14,18-19H2,1-2H3. The first-order valence-corrected chi connectivity index (χ1v) is 9.75. The minimum absolute atomic E-state index is 0.125. The number of hydrogen-bond donors (Lipinski definition) is 0. The average Bonchev–Trinajstić information content (AvgIpc) is 2.78. The molecule has 0 radical (unpaired) electrons. The molecular weight excluding hydrogens is 362 g/mol. The maximum atomic E-state index is 13.1. The Morgan fingerprint density at radius 3 is 1.66 bits per heavy atom. The number of carbonyl (C=O) groups excluding carboxylic acids is 1. The van der Waals surface area contributed by atoms with Crippen LogP contribution in [0.2, 0.25) is 0 Å². The van der Waals surface area contributed by atoms with Crippen LogP contribution >= 0.6 is 0 Å². The summed E-state index contributed by atoms with van der Waals surface area (Å²) in [6, 6.07) is 25.9. The molecule has 0 aliphatic carbocycles. The van der Waals surface area contributed by atoms with Crippen molar-refractivity contribution in [3.8, 4) is 11.5 Å². The Morgan fingerprint density at radius 2 is 1.21 bits per heavy atom. The molecule has 0 saturated carbocycles. The van der Waals surface area contributed by atoms with Crippen LogP contribution in [-0.4, -0.2) is 25.0 Å². The van der Waals surface area contributed by atoms with Crippen molar-refractivity contribution in [2.45, 2.75) is 25.9 Å². The first-order valence-electron chi connectivity index (χ1n) is 9.75. The van der Waals surface area contributed by atoms with E-state index in [1.807, 2.05) is 59.5 Å². The molecule has 0 bridgehead atoms. The normalized spacial score (nSPS) is 10.4. The highest BCUT2D eigenvalue weighted by atomic mass is 16.5. The van der Waals surface area contributed by atoms with Crippen LogP contribution in [0.5, 0.6) is 11.5 Å². The van der Waals surface area contributed by atoms with Gasteiger partial charge in [-0.05, 0) is 35.2 Å². The maximum absolute atomic E-state index is 13.1. The smallest absolute Gasteiger partial charge is 0.223 e. The van der Waals surface area contributed by atoms with Crippen molar-refractivity contribution in [1.29, 1.82) is 0 Å². The van der Waals surface area contributed by atoms with Gasteiger partial charge in [-0.1, -0.05) is 60.7 Å². The van der Waals surface area contributed by atoms with E-state index in [1.165, 1.54) is 0 Å². The lowest BCUT2D eigenvalue weighted by molar-refractivity contribution is -0.132. The van der Waals surface area contributed by atoms with Crippen LogP contribution in [0.1, 0.15) is 23.1 Å². The van der Waals surface area contributed by atoms with E-state index in [-0.39, 0.29) is 5.91 Å². The van der Waals surface area contributed by atoms with Gasteiger partial charge in [0, 0.05) is 25.6 Å². The molecule has 3 aromatic rings. The molecule has 0 aliphatic rings. The van der Waals surface area contributed by atoms with Crippen LogP contribution < -0.4 is 9.47 Å². The summed E-state index contributed by atoms with van der Waals surface area (Å²) in [6.07, 6.45) is 1.06. The van der Waals surface area contributed by atoms with Crippen LogP contribution in [0.4, 0.5) is 0 Å². The topological polar surface area (TPSA) is 38.8 Å². The number of aryl methyl sites for hydroxylation is 1. The molecule has 29 heavy (non-hydrogen) atoms. The number of methoxy groups -OCH3 is 2. The van der Waals surface area contributed by atoms with Crippen molar-refractivity contribution < 1.29 is 14.3 Å². The van der Waals surface area contributed by atoms with Crippen molar-refractivity contribution in [1.82, 2.24) is 4.90 Å². The summed E-state index contributed by atoms with van der Waals surface area (Å²) in [6.45, 7) is 1.19. The van der Waals surface area contributed by atoms with E-state index in [4.69, 9.17) is 9.47 Å². The zero-order chi connectivity index (χ0) is 20.5. The highest BCUT2D eigenvalue weighted by Gasteiger charge is 2.15. The molecule has 150 valence electrons. The number of hydrogen-bond acceptors (Lipinski definition) is 3. The highest BCUT2D eigenvalue weighted by Crippen LogP contribution is 2.23. The molecule has 4 nitrogen and oxygen atoms in total. The Morgan fingerprint density at radius 1 is 0.724 bits per heavy atom. The molecule has 0 spiro atoms. The molecule has 0 aliphatic heterocycles. The summed E-state index contributed by atoms with van der Waals surface area (Å²) < 4.78 is 10.7. The Bertz CT molecular complexity index is 846. The molecule has 4 heteroatoms. The molecule has 0 N–H and O–H groups in total. The molecule has 1 amide bonds. The zero-order valence-electron chi connectivity index (χ0n) is 17.0. The summed E-state index contributed by atoms with van der Waals surface area (Å²) in [7, 11) is 3.26. The van der Waals surface area contributed by atoms with E-state index in [0.717, 1.165) is 28.2 Å². The fourth-order valence-electron chi connectivity index (χ4n) is 3.26. The van der Waals surface area contributed by atoms with Gasteiger partial charge < -0.3 is 14.4 Å². The van der Waals surface area contributed by atoms with Gasteiger partial charge in [-0.3, -0.25) is 4.79 Å². The van der Waals surface area contributed by atoms with Gasteiger partial charge in [0.15, 0.2) is 0 Å². The monoisotopic (exact) mass is 389 g/mol. The van der Waals surface area contributed by atoms with Gasteiger partial charge >= 0.3 is 0 Å². The largest absolute Gasteiger partial charge is 0.497 e. The number of benzene rings is 3. The van der Waals surface area contributed by atoms with Crippen molar-refractivity contribution in [2.75, 3.05) is 14.2 Å². The molecule has 3 aromatic carbocycles. The van der Waals surface area contributed by atoms with Crippen LogP contribution in [0.3, 0.4) is 0 Å². The van der Waals surface area contributed by atoms with E-state index in [0.29, 0.717) is 25.9 Å². The van der Waals surface area contributed by atoms with Gasteiger partial charge in [0.1, 0.15) is 11.5 Å². The molecule has 3 rings (SSSR count). The summed E-state index contributed by atoms with van der Waals surface area (Å²) >= 11 is 0. The lowest BCUT2D eigenvalue weighted by atomic mass is 10.1. The molecule has 0 fully saturated rings. The molecule has 0 saturated heterocycles. The van der Waals surface area contributed by atoms with E-state index in [2.05, 4.69) is 24.3 Å². The SMILES string of the molecule is COc1cc(CCC(=O)N(Cc2ccccc2)Cc2ccccc2)cc(OC)c1. The summed E-state index contributed by atoms with van der Waals surface area (Å²) in [5.74, 6) is 1.59. The minimum atomic E-state index is 0.125. The number of amides is 1. The van der Waals surface area contributed by atoms with Gasteiger partial charge in [-0.25, -0.2) is 0 Å². The fourth-order valence-corrected chi connectivity index (χ4v) is 3.26. The second-order valence-corrected chi connectivity index (χ2v) is 6.94. The average molecular weight is 389 g/mol. The predicted molar refractivity (Wildman–Crippen MR) is 115 cm³/mol. The Kier molecular flexibility index (Phi) is 7.28. The first-order chi connectivity index (χ1) is 14.2. The van der Waals surface area contributed by atoms with Crippen molar-refractivity contribution in [2.24, 2.45) is 0 Å². The number of ether oxygens (including phenoxy) is 2. The lowest BCUT2D eigenvalue weighted by Gasteiger charge is -2.23. The fraction of sp³-hybridized carbons (Fsp3) is 0.240. The minimum Gasteiger partial charge on any atom is -0.497 e. The Labute approximate surface area is 172 Å². The van der Waals surface area contributed by atoms with Crippen molar-refractivity contribution in [3.05, 3.63) is 95.6 Å². The highest BCUT2D eigenvalue weighted by molar-refractivity contribution is 5.76. The predicted octanol–water partition coefficient (Wildman–Crippen LogP) is 4.87. The van der Waals surface area contributed by atoms with E-state index in [9.17, 15) is 4.79 Å². The summed E-state index contributed by atoms with van der Waals surface area (Å²) in [4.78, 5) is 15.0. The zero-order valence-corrected chi connectivity index (χ0v) is 17.0. The summed E-state index contributed by atoms with van der Waals surface area (Å²) in [5.41, 5.74) is 3.27. The van der Waals surface area contributed by atoms with Crippen LogP contribution in [-0.2, 0) is 24.3 Å². The van der Waals surface area contributed by atoms with Crippen LogP contribution in [0.15, 0.2) is 78.9 Å². The van der Waals surface area contributed by atoms with Crippen molar-refractivity contribution in [3.63, 3.8) is 0 Å². The van der Waals surface area contributed by atoms with E-state index in [1.54, 1.807) is 14.2 Å². The first kappa shape index (κ1) is 20.5.